The number of carboxylic acid groups (broad SMARTS) is 1. The summed E-state index contributed by atoms with van der Waals surface area (Å²) in [6.45, 7) is 5.51. The van der Waals surface area contributed by atoms with Gasteiger partial charge in [-0.25, -0.2) is 9.37 Å². The quantitative estimate of drug-likeness (QED) is 0.312. The van der Waals surface area contributed by atoms with Crippen molar-refractivity contribution in [1.29, 1.82) is 0 Å². The average molecular weight is 605 g/mol. The van der Waals surface area contributed by atoms with E-state index in [-0.39, 0.29) is 11.7 Å². The molecule has 1 aliphatic carbocycles. The van der Waals surface area contributed by atoms with Crippen molar-refractivity contribution in [3.05, 3.63) is 65.7 Å². The van der Waals surface area contributed by atoms with E-state index in [1.54, 1.807) is 6.07 Å². The molecule has 0 radical (unpaired) electrons. The monoisotopic (exact) mass is 604 g/mol. The zero-order chi connectivity index (χ0) is 29.6. The summed E-state index contributed by atoms with van der Waals surface area (Å²) in [5.41, 5.74) is 2.78. The highest BCUT2D eigenvalue weighted by Gasteiger charge is 2.47. The van der Waals surface area contributed by atoms with Crippen molar-refractivity contribution in [3.63, 3.8) is 0 Å². The predicted octanol–water partition coefficient (Wildman–Crippen LogP) is 6.61. The van der Waals surface area contributed by atoms with E-state index in [4.69, 9.17) is 4.98 Å². The van der Waals surface area contributed by atoms with Crippen LogP contribution in [0.3, 0.4) is 0 Å². The summed E-state index contributed by atoms with van der Waals surface area (Å²) in [7, 11) is 0. The van der Waals surface area contributed by atoms with Crippen molar-refractivity contribution < 1.29 is 14.3 Å². The second-order valence-electron chi connectivity index (χ2n) is 13.7. The van der Waals surface area contributed by atoms with Gasteiger partial charge in [0, 0.05) is 68.1 Å². The van der Waals surface area contributed by atoms with Crippen LogP contribution in [0.25, 0.3) is 11.0 Å². The number of fused-ring (bicyclic) bond motifs is 3. The summed E-state index contributed by atoms with van der Waals surface area (Å²) in [5, 5.41) is 10.3. The molecule has 4 fully saturated rings. The molecule has 1 N–H and O–H groups in total. The third kappa shape index (κ3) is 5.64. The topological polar surface area (TPSA) is 61.6 Å². The summed E-state index contributed by atoms with van der Waals surface area (Å²) in [6, 6.07) is 17.2. The molecule has 230 valence electrons. The molecule has 4 atom stereocenters. The van der Waals surface area contributed by atoms with Gasteiger partial charge in [-0.3, -0.25) is 9.69 Å². The van der Waals surface area contributed by atoms with Crippen molar-refractivity contribution in [2.75, 3.05) is 37.7 Å². The van der Waals surface area contributed by atoms with Gasteiger partial charge in [-0.2, -0.15) is 11.8 Å². The molecule has 2 aromatic carbocycles. The van der Waals surface area contributed by atoms with Crippen LogP contribution in [0.15, 0.2) is 48.5 Å². The molecule has 1 aromatic heterocycles. The number of aryl methyl sites for hydroxylation is 1. The number of para-hydroxylation sites is 2. The number of aliphatic carboxylic acids is 1. The van der Waals surface area contributed by atoms with Crippen LogP contribution in [0.4, 0.5) is 4.39 Å². The second kappa shape index (κ2) is 12.2. The number of nitrogens with zero attached hydrogens (tertiary/aromatic N) is 4. The molecule has 1 saturated carbocycles. The molecule has 6 nitrogen and oxygen atoms in total. The lowest BCUT2D eigenvalue weighted by Gasteiger charge is -2.50. The first-order chi connectivity index (χ1) is 20.9. The summed E-state index contributed by atoms with van der Waals surface area (Å²) in [6.07, 6.45) is 7.86. The second-order valence-corrected chi connectivity index (χ2v) is 14.7. The fraction of sp³-hybridized carbons (Fsp3) is 0.600. The van der Waals surface area contributed by atoms with Gasteiger partial charge in [0.15, 0.2) is 0 Å². The smallest absolute Gasteiger partial charge is 0.310 e. The number of hydrogen-bond donors (Lipinski definition) is 1. The Morgan fingerprint density at radius 2 is 1.79 bits per heavy atom. The number of thioether (sulfide) groups is 1. The van der Waals surface area contributed by atoms with Crippen LogP contribution in [0.5, 0.6) is 0 Å². The van der Waals surface area contributed by atoms with Crippen molar-refractivity contribution in [1.82, 2.24) is 19.4 Å². The molecule has 8 heteroatoms. The van der Waals surface area contributed by atoms with Gasteiger partial charge in [-0.1, -0.05) is 50.5 Å². The van der Waals surface area contributed by atoms with Crippen molar-refractivity contribution in [2.24, 2.45) is 11.3 Å². The molecule has 4 aliphatic rings. The standard InChI is InChI=1S/C35H45FN4O2S/c1-2-33-37-31-11-4-5-12-32(31)40(33)27-16-28-21-43-22-29(17-27)39(28)19-25-18-38(20-30(25)24-9-8-10-26(36)15-24)23-35(34(41)42)13-6-3-7-14-35/h4-5,8-12,15,25,27-30H,2-3,6-7,13-14,16-23H2,1H3,(H,41,42)/t25-,27?,28?,29?,30-/m1/s1. The third-order valence-corrected chi connectivity index (χ3v) is 12.3. The third-order valence-electron chi connectivity index (χ3n) is 11.0. The largest absolute Gasteiger partial charge is 0.481 e. The molecule has 3 aliphatic heterocycles. The van der Waals surface area contributed by atoms with Gasteiger partial charge in [0.1, 0.15) is 11.6 Å². The number of imidazole rings is 1. The molecule has 0 amide bonds. The summed E-state index contributed by atoms with van der Waals surface area (Å²) in [4.78, 5) is 22.8. The fourth-order valence-corrected chi connectivity index (χ4v) is 10.3. The van der Waals surface area contributed by atoms with Gasteiger partial charge >= 0.3 is 5.97 Å². The van der Waals surface area contributed by atoms with Gasteiger partial charge in [-0.05, 0) is 61.4 Å². The molecule has 2 bridgehead atoms. The van der Waals surface area contributed by atoms with Crippen LogP contribution < -0.4 is 0 Å². The normalized spacial score (nSPS) is 29.7. The maximum Gasteiger partial charge on any atom is 0.310 e. The minimum absolute atomic E-state index is 0.183. The van der Waals surface area contributed by atoms with Crippen LogP contribution in [-0.2, 0) is 11.2 Å². The van der Waals surface area contributed by atoms with Gasteiger partial charge in [0.05, 0.1) is 16.4 Å². The summed E-state index contributed by atoms with van der Waals surface area (Å²) >= 11 is 2.10. The highest BCUT2D eigenvalue weighted by Crippen LogP contribution is 2.44. The highest BCUT2D eigenvalue weighted by atomic mass is 32.2. The Morgan fingerprint density at radius 3 is 2.51 bits per heavy atom. The Balaban J connectivity index is 1.13. The SMILES string of the molecule is CCc1nc2ccccc2n1C1CC2CSCC(C1)N2C[C@H]1CN(CC2(C(=O)O)CCCCC2)C[C@@H]1c1cccc(F)c1. The Morgan fingerprint density at radius 1 is 1.02 bits per heavy atom. The number of rotatable bonds is 8. The van der Waals surface area contributed by atoms with E-state index in [1.165, 1.54) is 17.4 Å². The van der Waals surface area contributed by atoms with Gasteiger partial charge in [0.25, 0.3) is 0 Å². The number of benzene rings is 2. The molecule has 0 spiro atoms. The Kier molecular flexibility index (Phi) is 8.29. The van der Waals surface area contributed by atoms with Gasteiger partial charge < -0.3 is 14.6 Å². The molecule has 3 aromatic rings. The maximum atomic E-state index is 14.5. The summed E-state index contributed by atoms with van der Waals surface area (Å²) in [5.74, 6) is 3.22. The molecule has 4 heterocycles. The van der Waals surface area contributed by atoms with Crippen molar-refractivity contribution in [2.45, 2.75) is 82.3 Å². The Labute approximate surface area is 259 Å². The predicted molar refractivity (Wildman–Crippen MR) is 171 cm³/mol. The number of piperidine rings is 1. The van der Waals surface area contributed by atoms with E-state index in [2.05, 4.69) is 63.4 Å². The maximum absolute atomic E-state index is 14.5. The van der Waals surface area contributed by atoms with E-state index in [0.29, 0.717) is 30.6 Å². The van der Waals surface area contributed by atoms with E-state index < -0.39 is 11.4 Å². The van der Waals surface area contributed by atoms with Gasteiger partial charge in [0.2, 0.25) is 0 Å². The lowest BCUT2D eigenvalue weighted by Crippen LogP contribution is -2.56. The lowest BCUT2D eigenvalue weighted by atomic mass is 9.73. The zero-order valence-corrected chi connectivity index (χ0v) is 26.2. The number of likely N-dealkylation sites (tertiary alicyclic amines) is 1. The van der Waals surface area contributed by atoms with Crippen molar-refractivity contribution >= 4 is 28.8 Å². The molecule has 7 rings (SSSR count). The highest BCUT2D eigenvalue weighted by molar-refractivity contribution is 7.99. The molecular weight excluding hydrogens is 559 g/mol. The molecular formula is C35H45FN4O2S. The lowest BCUT2D eigenvalue weighted by molar-refractivity contribution is -0.152. The Bertz CT molecular complexity index is 1440. The molecule has 2 unspecified atom stereocenters. The van der Waals surface area contributed by atoms with E-state index in [9.17, 15) is 14.3 Å². The molecule has 3 saturated heterocycles. The first-order valence-corrected chi connectivity index (χ1v) is 17.6. The summed E-state index contributed by atoms with van der Waals surface area (Å²) < 4.78 is 17.0. The van der Waals surface area contributed by atoms with Crippen LogP contribution >= 0.6 is 11.8 Å². The average Bonchev–Trinajstić information content (AvgIpc) is 3.58. The van der Waals surface area contributed by atoms with Crippen LogP contribution in [0, 0.1) is 17.2 Å². The zero-order valence-electron chi connectivity index (χ0n) is 25.3. The van der Waals surface area contributed by atoms with Crippen LogP contribution in [0.1, 0.15) is 75.2 Å². The first kappa shape index (κ1) is 29.3. The van der Waals surface area contributed by atoms with Crippen molar-refractivity contribution in [3.8, 4) is 0 Å². The van der Waals surface area contributed by atoms with E-state index >= 15 is 0 Å². The van der Waals surface area contributed by atoms with Gasteiger partial charge in [-0.15, -0.1) is 0 Å². The number of carboxylic acids is 1. The van der Waals surface area contributed by atoms with E-state index in [1.807, 2.05) is 6.07 Å². The van der Waals surface area contributed by atoms with Crippen LogP contribution in [0.2, 0.25) is 0 Å². The number of aromatic nitrogens is 2. The first-order valence-electron chi connectivity index (χ1n) is 16.4. The minimum atomic E-state index is -0.643. The Hall–Kier alpha value is -2.42. The van der Waals surface area contributed by atoms with E-state index in [0.717, 1.165) is 93.6 Å². The number of hydrogen-bond acceptors (Lipinski definition) is 5. The molecule has 43 heavy (non-hydrogen) atoms. The fourth-order valence-electron chi connectivity index (χ4n) is 8.98. The number of carbonyl (C=O) groups is 1. The number of halogens is 1. The minimum Gasteiger partial charge on any atom is -0.481 e. The van der Waals surface area contributed by atoms with Crippen LogP contribution in [-0.4, -0.2) is 80.2 Å².